The standard InChI is InChI=1S/C22H26ClIN2O3/c1-15(21(28)25-22(2,3)4)26(13-16-7-5-6-8-19(16)23)20(27)14-29-18-11-9-17(24)10-12-18/h5-12,15H,13-14H2,1-4H3,(H,25,28)/t15-/m1/s1. The van der Waals surface area contributed by atoms with Gasteiger partial charge in [0.05, 0.1) is 0 Å². The van der Waals surface area contributed by atoms with Crippen LogP contribution in [0.1, 0.15) is 33.3 Å². The second kappa shape index (κ2) is 10.3. The van der Waals surface area contributed by atoms with Gasteiger partial charge in [-0.3, -0.25) is 9.59 Å². The van der Waals surface area contributed by atoms with Crippen LogP contribution in [-0.4, -0.2) is 34.9 Å². The summed E-state index contributed by atoms with van der Waals surface area (Å²) in [5.74, 6) is 0.0791. The van der Waals surface area contributed by atoms with Gasteiger partial charge in [0.1, 0.15) is 11.8 Å². The Balaban J connectivity index is 2.18. The number of halogens is 2. The molecule has 2 rings (SSSR count). The maximum absolute atomic E-state index is 13.0. The van der Waals surface area contributed by atoms with Crippen LogP contribution in [0.15, 0.2) is 48.5 Å². The van der Waals surface area contributed by atoms with Crippen molar-refractivity contribution in [2.45, 2.75) is 45.8 Å². The van der Waals surface area contributed by atoms with Crippen molar-refractivity contribution in [2.75, 3.05) is 6.61 Å². The predicted octanol–water partition coefficient (Wildman–Crippen LogP) is 4.66. The highest BCUT2D eigenvalue weighted by Gasteiger charge is 2.29. The first kappa shape index (κ1) is 23.5. The Labute approximate surface area is 190 Å². The van der Waals surface area contributed by atoms with Gasteiger partial charge in [0.15, 0.2) is 6.61 Å². The maximum atomic E-state index is 13.0. The molecular formula is C22H26ClIN2O3. The second-order valence-electron chi connectivity index (χ2n) is 7.77. The Morgan fingerprint density at radius 2 is 1.76 bits per heavy atom. The minimum Gasteiger partial charge on any atom is -0.484 e. The van der Waals surface area contributed by atoms with Crippen LogP contribution in [0.5, 0.6) is 5.75 Å². The molecule has 2 aromatic carbocycles. The third-order valence-electron chi connectivity index (χ3n) is 4.14. The third kappa shape index (κ3) is 7.51. The van der Waals surface area contributed by atoms with E-state index in [0.717, 1.165) is 9.13 Å². The van der Waals surface area contributed by atoms with E-state index in [2.05, 4.69) is 27.9 Å². The SMILES string of the molecule is C[C@H](C(=O)NC(C)(C)C)N(Cc1ccccc1Cl)C(=O)COc1ccc(I)cc1. The number of rotatable bonds is 7. The Hall–Kier alpha value is -1.80. The van der Waals surface area contributed by atoms with E-state index < -0.39 is 11.6 Å². The molecular weight excluding hydrogens is 503 g/mol. The number of benzene rings is 2. The van der Waals surface area contributed by atoms with Crippen molar-refractivity contribution < 1.29 is 14.3 Å². The van der Waals surface area contributed by atoms with E-state index in [9.17, 15) is 9.59 Å². The van der Waals surface area contributed by atoms with Gasteiger partial charge < -0.3 is 15.0 Å². The molecule has 0 bridgehead atoms. The minimum atomic E-state index is -0.682. The summed E-state index contributed by atoms with van der Waals surface area (Å²) in [6.45, 7) is 7.46. The number of ether oxygens (including phenoxy) is 1. The molecule has 0 spiro atoms. The third-order valence-corrected chi connectivity index (χ3v) is 5.23. The first-order valence-corrected chi connectivity index (χ1v) is 10.8. The van der Waals surface area contributed by atoms with Crippen LogP contribution in [0, 0.1) is 3.57 Å². The van der Waals surface area contributed by atoms with Gasteiger partial charge in [-0.15, -0.1) is 0 Å². The van der Waals surface area contributed by atoms with Gasteiger partial charge in [0.25, 0.3) is 5.91 Å². The molecule has 0 aliphatic heterocycles. The van der Waals surface area contributed by atoms with E-state index in [1.165, 1.54) is 4.90 Å². The topological polar surface area (TPSA) is 58.6 Å². The molecule has 0 aromatic heterocycles. The lowest BCUT2D eigenvalue weighted by Crippen LogP contribution is -2.53. The average Bonchev–Trinajstić information content (AvgIpc) is 2.65. The average molecular weight is 529 g/mol. The van der Waals surface area contributed by atoms with Crippen LogP contribution in [0.2, 0.25) is 5.02 Å². The molecule has 0 fully saturated rings. The maximum Gasteiger partial charge on any atom is 0.261 e. The summed E-state index contributed by atoms with van der Waals surface area (Å²) >= 11 is 8.48. The molecule has 1 atom stereocenters. The van der Waals surface area contributed by atoms with E-state index in [0.29, 0.717) is 10.8 Å². The fraction of sp³-hybridized carbons (Fsp3) is 0.364. The van der Waals surface area contributed by atoms with E-state index >= 15 is 0 Å². The van der Waals surface area contributed by atoms with Crippen LogP contribution in [-0.2, 0) is 16.1 Å². The van der Waals surface area contributed by atoms with E-state index in [1.54, 1.807) is 13.0 Å². The van der Waals surface area contributed by atoms with Crippen LogP contribution < -0.4 is 10.1 Å². The Morgan fingerprint density at radius 3 is 2.34 bits per heavy atom. The van der Waals surface area contributed by atoms with Gasteiger partial charge in [-0.05, 0) is 86.2 Å². The second-order valence-corrected chi connectivity index (χ2v) is 9.42. The Kier molecular flexibility index (Phi) is 8.34. The largest absolute Gasteiger partial charge is 0.484 e. The number of amides is 2. The molecule has 156 valence electrons. The molecule has 29 heavy (non-hydrogen) atoms. The monoisotopic (exact) mass is 528 g/mol. The minimum absolute atomic E-state index is 0.168. The fourth-order valence-electron chi connectivity index (χ4n) is 2.63. The first-order chi connectivity index (χ1) is 13.6. The summed E-state index contributed by atoms with van der Waals surface area (Å²) in [4.78, 5) is 27.2. The quantitative estimate of drug-likeness (QED) is 0.532. The number of nitrogens with zero attached hydrogens (tertiary/aromatic N) is 1. The summed E-state index contributed by atoms with van der Waals surface area (Å²) in [5, 5.41) is 3.48. The lowest BCUT2D eigenvalue weighted by Gasteiger charge is -2.31. The molecule has 7 heteroatoms. The molecule has 0 radical (unpaired) electrons. The van der Waals surface area contributed by atoms with Crippen molar-refractivity contribution in [3.63, 3.8) is 0 Å². The smallest absolute Gasteiger partial charge is 0.261 e. The first-order valence-electron chi connectivity index (χ1n) is 9.30. The van der Waals surface area contributed by atoms with Crippen LogP contribution in [0.4, 0.5) is 0 Å². The van der Waals surface area contributed by atoms with Gasteiger partial charge in [-0.1, -0.05) is 29.8 Å². The molecule has 1 N–H and O–H groups in total. The molecule has 2 aromatic rings. The van der Waals surface area contributed by atoms with E-state index in [1.807, 2.05) is 63.2 Å². The summed E-state index contributed by atoms with van der Waals surface area (Å²) in [6.07, 6.45) is 0. The lowest BCUT2D eigenvalue weighted by atomic mass is 10.1. The molecule has 0 aliphatic carbocycles. The van der Waals surface area contributed by atoms with Crippen LogP contribution >= 0.6 is 34.2 Å². The van der Waals surface area contributed by atoms with Crippen molar-refractivity contribution in [1.82, 2.24) is 10.2 Å². The van der Waals surface area contributed by atoms with E-state index in [4.69, 9.17) is 16.3 Å². The number of carbonyl (C=O) groups excluding carboxylic acids is 2. The van der Waals surface area contributed by atoms with Gasteiger partial charge in [0.2, 0.25) is 5.91 Å². The summed E-state index contributed by atoms with van der Waals surface area (Å²) in [7, 11) is 0. The van der Waals surface area contributed by atoms with Crippen LogP contribution in [0.25, 0.3) is 0 Å². The molecule has 0 heterocycles. The Bertz CT molecular complexity index is 850. The molecule has 2 amide bonds. The number of hydrogen-bond donors (Lipinski definition) is 1. The highest BCUT2D eigenvalue weighted by Crippen LogP contribution is 2.20. The molecule has 5 nitrogen and oxygen atoms in total. The summed E-state index contributed by atoms with van der Waals surface area (Å²) in [5.41, 5.74) is 0.370. The molecule has 0 unspecified atom stereocenters. The Morgan fingerprint density at radius 1 is 1.14 bits per heavy atom. The zero-order valence-electron chi connectivity index (χ0n) is 17.0. The molecule has 0 aliphatic rings. The van der Waals surface area contributed by atoms with Crippen molar-refractivity contribution in [3.05, 3.63) is 62.7 Å². The summed E-state index contributed by atoms with van der Waals surface area (Å²) < 4.78 is 6.72. The van der Waals surface area contributed by atoms with Gasteiger partial charge in [0, 0.05) is 20.7 Å². The number of nitrogens with one attached hydrogen (secondary N) is 1. The molecule has 0 saturated carbocycles. The number of hydrogen-bond acceptors (Lipinski definition) is 3. The highest BCUT2D eigenvalue weighted by atomic mass is 127. The van der Waals surface area contributed by atoms with Crippen molar-refractivity contribution >= 4 is 46.0 Å². The van der Waals surface area contributed by atoms with Gasteiger partial charge >= 0.3 is 0 Å². The van der Waals surface area contributed by atoms with Crippen molar-refractivity contribution in [1.29, 1.82) is 0 Å². The fourth-order valence-corrected chi connectivity index (χ4v) is 3.18. The molecule has 0 saturated heterocycles. The van der Waals surface area contributed by atoms with Crippen LogP contribution in [0.3, 0.4) is 0 Å². The summed E-state index contributed by atoms with van der Waals surface area (Å²) in [6, 6.07) is 14.0. The normalized spacial score (nSPS) is 12.2. The lowest BCUT2D eigenvalue weighted by molar-refractivity contribution is -0.142. The predicted molar refractivity (Wildman–Crippen MR) is 124 cm³/mol. The van der Waals surface area contributed by atoms with E-state index in [-0.39, 0.29) is 25.0 Å². The van der Waals surface area contributed by atoms with Crippen molar-refractivity contribution in [2.24, 2.45) is 0 Å². The zero-order valence-corrected chi connectivity index (χ0v) is 20.0. The van der Waals surface area contributed by atoms with Gasteiger partial charge in [-0.25, -0.2) is 0 Å². The number of carbonyl (C=O) groups is 2. The van der Waals surface area contributed by atoms with Gasteiger partial charge in [-0.2, -0.15) is 0 Å². The zero-order chi connectivity index (χ0) is 21.6. The highest BCUT2D eigenvalue weighted by molar-refractivity contribution is 14.1. The van der Waals surface area contributed by atoms with Crippen molar-refractivity contribution in [3.8, 4) is 5.75 Å².